The molecule has 0 aliphatic rings. The number of carbonyl (C=O) groups is 1. The molecule has 1 atom stereocenters. The zero-order valence-electron chi connectivity index (χ0n) is 8.53. The van der Waals surface area contributed by atoms with Gasteiger partial charge in [-0.05, 0) is 18.6 Å². The van der Waals surface area contributed by atoms with E-state index in [0.29, 0.717) is 0 Å². The third kappa shape index (κ3) is 1.92. The quantitative estimate of drug-likeness (QED) is 0.797. The normalized spacial score (nSPS) is 12.9. The summed E-state index contributed by atoms with van der Waals surface area (Å²) >= 11 is 0. The zero-order valence-corrected chi connectivity index (χ0v) is 8.53. The Labute approximate surface area is 87.7 Å². The van der Waals surface area contributed by atoms with Gasteiger partial charge in [-0.1, -0.05) is 18.2 Å². The number of hydrogen-bond donors (Lipinski definition) is 2. The van der Waals surface area contributed by atoms with Crippen LogP contribution in [0.1, 0.15) is 12.5 Å². The average Bonchev–Trinajstić information content (AvgIpc) is 2.62. The van der Waals surface area contributed by atoms with E-state index in [1.54, 1.807) is 0 Å². The fraction of sp³-hybridized carbons (Fsp3) is 0.250. The number of H-pyrrole nitrogens is 1. The van der Waals surface area contributed by atoms with Gasteiger partial charge in [-0.2, -0.15) is 0 Å². The van der Waals surface area contributed by atoms with Crippen LogP contribution in [0.4, 0.5) is 0 Å². The molecule has 3 heteroatoms. The minimum atomic E-state index is -0.890. The molecule has 0 saturated carbocycles. The fourth-order valence-corrected chi connectivity index (χ4v) is 1.61. The van der Waals surface area contributed by atoms with Gasteiger partial charge < -0.3 is 10.1 Å². The maximum Gasteiger partial charge on any atom is 0.165 e. The van der Waals surface area contributed by atoms with Crippen molar-refractivity contribution in [2.75, 3.05) is 0 Å². The summed E-state index contributed by atoms with van der Waals surface area (Å²) in [5.74, 6) is -0.153. The van der Waals surface area contributed by atoms with Crippen LogP contribution < -0.4 is 0 Å². The van der Waals surface area contributed by atoms with Crippen molar-refractivity contribution in [1.82, 2.24) is 4.98 Å². The van der Waals surface area contributed by atoms with Gasteiger partial charge in [0, 0.05) is 23.5 Å². The summed E-state index contributed by atoms with van der Waals surface area (Å²) in [5.41, 5.74) is 1.96. The number of aliphatic hydroxyl groups excluding tert-OH is 1. The molecule has 0 amide bonds. The van der Waals surface area contributed by atoms with Crippen LogP contribution in [-0.2, 0) is 11.2 Å². The molecule has 78 valence electrons. The molecular weight excluding hydrogens is 190 g/mol. The van der Waals surface area contributed by atoms with Crippen molar-refractivity contribution >= 4 is 16.7 Å². The number of aromatic amines is 1. The number of nitrogens with one attached hydrogen (secondary N) is 1. The lowest BCUT2D eigenvalue weighted by Gasteiger charge is -2.01. The highest BCUT2D eigenvalue weighted by Gasteiger charge is 2.12. The molecular formula is C12H13NO2. The Hall–Kier alpha value is -1.61. The van der Waals surface area contributed by atoms with Gasteiger partial charge in [0.15, 0.2) is 5.78 Å². The van der Waals surface area contributed by atoms with Crippen molar-refractivity contribution in [2.24, 2.45) is 0 Å². The second-order valence-electron chi connectivity index (χ2n) is 3.68. The number of para-hydroxylation sites is 1. The van der Waals surface area contributed by atoms with Crippen molar-refractivity contribution in [2.45, 2.75) is 19.4 Å². The number of fused-ring (bicyclic) bond motifs is 1. The molecule has 0 aliphatic heterocycles. The van der Waals surface area contributed by atoms with Gasteiger partial charge in [0.25, 0.3) is 0 Å². The number of aromatic nitrogens is 1. The average molecular weight is 203 g/mol. The molecule has 0 unspecified atom stereocenters. The van der Waals surface area contributed by atoms with E-state index in [1.165, 1.54) is 6.92 Å². The van der Waals surface area contributed by atoms with Crippen LogP contribution in [0.25, 0.3) is 10.9 Å². The molecule has 0 bridgehead atoms. The molecule has 0 fully saturated rings. The van der Waals surface area contributed by atoms with E-state index < -0.39 is 6.10 Å². The maximum absolute atomic E-state index is 11.4. The lowest BCUT2D eigenvalue weighted by Crippen LogP contribution is -2.17. The number of hydrogen-bond acceptors (Lipinski definition) is 2. The number of ketones is 1. The molecule has 1 aromatic heterocycles. The maximum atomic E-state index is 11.4. The number of rotatable bonds is 3. The zero-order chi connectivity index (χ0) is 10.8. The second-order valence-corrected chi connectivity index (χ2v) is 3.68. The van der Waals surface area contributed by atoms with Crippen LogP contribution in [-0.4, -0.2) is 22.0 Å². The first-order valence-electron chi connectivity index (χ1n) is 4.94. The van der Waals surface area contributed by atoms with Crippen LogP contribution in [0.3, 0.4) is 0 Å². The van der Waals surface area contributed by atoms with Crippen molar-refractivity contribution in [3.05, 3.63) is 36.0 Å². The van der Waals surface area contributed by atoms with Crippen LogP contribution in [0, 0.1) is 0 Å². The van der Waals surface area contributed by atoms with Crippen molar-refractivity contribution in [3.8, 4) is 0 Å². The van der Waals surface area contributed by atoms with Crippen molar-refractivity contribution in [1.29, 1.82) is 0 Å². The summed E-state index contributed by atoms with van der Waals surface area (Å²) in [6, 6.07) is 7.81. The van der Waals surface area contributed by atoms with Crippen LogP contribution in [0.5, 0.6) is 0 Å². The highest BCUT2D eigenvalue weighted by atomic mass is 16.3. The molecule has 1 aromatic carbocycles. The van der Waals surface area contributed by atoms with Crippen LogP contribution in [0.2, 0.25) is 0 Å². The fourth-order valence-electron chi connectivity index (χ4n) is 1.61. The molecule has 0 aliphatic carbocycles. The topological polar surface area (TPSA) is 53.1 Å². The number of Topliss-reactive ketones (excluding diaryl/α,β-unsaturated/α-hetero) is 1. The van der Waals surface area contributed by atoms with Crippen LogP contribution >= 0.6 is 0 Å². The number of carbonyl (C=O) groups excluding carboxylic acids is 1. The molecule has 2 aromatic rings. The van der Waals surface area contributed by atoms with Crippen molar-refractivity contribution in [3.63, 3.8) is 0 Å². The van der Waals surface area contributed by atoms with Gasteiger partial charge in [0.05, 0.1) is 0 Å². The van der Waals surface area contributed by atoms with E-state index in [9.17, 15) is 4.79 Å². The summed E-state index contributed by atoms with van der Waals surface area (Å²) in [7, 11) is 0. The Morgan fingerprint density at radius 1 is 1.47 bits per heavy atom. The van der Waals surface area contributed by atoms with Gasteiger partial charge in [-0.25, -0.2) is 0 Å². The number of aliphatic hydroxyl groups is 1. The standard InChI is InChI=1S/C12H13NO2/c1-8(14)12(15)6-9-7-13-11-5-3-2-4-10(9)11/h2-5,7-8,13-14H,6H2,1H3/t8-/m1/s1. The predicted octanol–water partition coefficient (Wildman–Crippen LogP) is 1.66. The second kappa shape index (κ2) is 3.87. The van der Waals surface area contributed by atoms with E-state index in [0.717, 1.165) is 16.5 Å². The Bertz CT molecular complexity index is 485. The minimum Gasteiger partial charge on any atom is -0.386 e. The molecule has 2 rings (SSSR count). The number of benzene rings is 1. The molecule has 0 radical (unpaired) electrons. The van der Waals surface area contributed by atoms with E-state index in [-0.39, 0.29) is 12.2 Å². The van der Waals surface area contributed by atoms with Crippen molar-refractivity contribution < 1.29 is 9.90 Å². The molecule has 2 N–H and O–H groups in total. The minimum absolute atomic E-state index is 0.153. The Morgan fingerprint density at radius 2 is 2.20 bits per heavy atom. The van der Waals surface area contributed by atoms with Gasteiger partial charge in [0.1, 0.15) is 6.10 Å². The monoisotopic (exact) mass is 203 g/mol. The summed E-state index contributed by atoms with van der Waals surface area (Å²) in [4.78, 5) is 14.5. The van der Waals surface area contributed by atoms with Crippen LogP contribution in [0.15, 0.2) is 30.5 Å². The first-order chi connectivity index (χ1) is 7.18. The SMILES string of the molecule is C[C@@H](O)C(=O)Cc1c[nH]c2ccccc12. The molecule has 0 saturated heterocycles. The highest BCUT2D eigenvalue weighted by Crippen LogP contribution is 2.18. The summed E-state index contributed by atoms with van der Waals surface area (Å²) in [5, 5.41) is 10.2. The smallest absolute Gasteiger partial charge is 0.165 e. The summed E-state index contributed by atoms with van der Waals surface area (Å²) in [6.07, 6.45) is 1.21. The summed E-state index contributed by atoms with van der Waals surface area (Å²) in [6.45, 7) is 1.50. The highest BCUT2D eigenvalue weighted by molar-refractivity contribution is 5.91. The van der Waals surface area contributed by atoms with Gasteiger partial charge in [-0.15, -0.1) is 0 Å². The molecule has 0 spiro atoms. The van der Waals surface area contributed by atoms with Gasteiger partial charge >= 0.3 is 0 Å². The Kier molecular flexibility index (Phi) is 2.56. The summed E-state index contributed by atoms with van der Waals surface area (Å²) < 4.78 is 0. The van der Waals surface area contributed by atoms with E-state index in [4.69, 9.17) is 5.11 Å². The van der Waals surface area contributed by atoms with E-state index in [2.05, 4.69) is 4.98 Å². The lowest BCUT2D eigenvalue weighted by atomic mass is 10.1. The van der Waals surface area contributed by atoms with E-state index >= 15 is 0 Å². The van der Waals surface area contributed by atoms with Gasteiger partial charge in [0.2, 0.25) is 0 Å². The lowest BCUT2D eigenvalue weighted by molar-refractivity contribution is -0.125. The molecule has 1 heterocycles. The molecule has 15 heavy (non-hydrogen) atoms. The van der Waals surface area contributed by atoms with E-state index in [1.807, 2.05) is 30.5 Å². The third-order valence-electron chi connectivity index (χ3n) is 2.51. The third-order valence-corrected chi connectivity index (χ3v) is 2.51. The first kappa shape index (κ1) is 9.93. The predicted molar refractivity (Wildman–Crippen MR) is 58.7 cm³/mol. The first-order valence-corrected chi connectivity index (χ1v) is 4.94. The van der Waals surface area contributed by atoms with Gasteiger partial charge in [-0.3, -0.25) is 4.79 Å². The Morgan fingerprint density at radius 3 is 2.93 bits per heavy atom. The Balaban J connectivity index is 2.33. The molecule has 3 nitrogen and oxygen atoms in total. The largest absolute Gasteiger partial charge is 0.386 e.